The topological polar surface area (TPSA) is 81.5 Å². The molecule has 0 unspecified atom stereocenters. The van der Waals surface area contributed by atoms with Gasteiger partial charge in [-0.3, -0.25) is 4.79 Å². The lowest BCUT2D eigenvalue weighted by Crippen LogP contribution is -2.51. The summed E-state index contributed by atoms with van der Waals surface area (Å²) >= 11 is 1.31. The van der Waals surface area contributed by atoms with Crippen molar-refractivity contribution in [1.29, 1.82) is 5.26 Å². The summed E-state index contributed by atoms with van der Waals surface area (Å²) in [5, 5.41) is 9.15. The molecule has 1 aliphatic heterocycles. The van der Waals surface area contributed by atoms with E-state index in [0.29, 0.717) is 0 Å². The zero-order chi connectivity index (χ0) is 20.1. The molecule has 2 aromatic carbocycles. The van der Waals surface area contributed by atoms with Gasteiger partial charge < -0.3 is 4.90 Å². The maximum absolute atomic E-state index is 12.9. The highest BCUT2D eigenvalue weighted by Crippen LogP contribution is 2.22. The Bertz CT molecular complexity index is 996. The minimum absolute atomic E-state index is 0.0101. The molecule has 0 bridgehead atoms. The highest BCUT2D eigenvalue weighted by molar-refractivity contribution is 8.00. The molecule has 6 nitrogen and oxygen atoms in total. The first-order chi connectivity index (χ1) is 13.4. The van der Waals surface area contributed by atoms with Crippen molar-refractivity contribution < 1.29 is 17.6 Å². The van der Waals surface area contributed by atoms with E-state index in [-0.39, 0.29) is 54.1 Å². The summed E-state index contributed by atoms with van der Waals surface area (Å²) in [5.74, 6) is -0.217. The Labute approximate surface area is 167 Å². The predicted molar refractivity (Wildman–Crippen MR) is 104 cm³/mol. The van der Waals surface area contributed by atoms with E-state index in [0.717, 1.165) is 4.90 Å². The normalized spacial score (nSPS) is 15.2. The minimum atomic E-state index is -3.78. The molecule has 1 fully saturated rings. The fourth-order valence-corrected chi connectivity index (χ4v) is 5.23. The average Bonchev–Trinajstić information content (AvgIpc) is 2.73. The van der Waals surface area contributed by atoms with Crippen LogP contribution in [0.2, 0.25) is 0 Å². The van der Waals surface area contributed by atoms with Crippen molar-refractivity contribution in [3.8, 4) is 6.07 Å². The number of carbonyl (C=O) groups is 1. The van der Waals surface area contributed by atoms with Crippen LogP contribution in [-0.2, 0) is 14.8 Å². The second-order valence-corrected chi connectivity index (χ2v) is 9.09. The molecule has 1 amide bonds. The Kier molecular flexibility index (Phi) is 6.34. The van der Waals surface area contributed by atoms with E-state index in [1.54, 1.807) is 29.2 Å². The summed E-state index contributed by atoms with van der Waals surface area (Å²) in [6.45, 7) is 0.928. The van der Waals surface area contributed by atoms with Crippen LogP contribution in [0.4, 0.5) is 4.39 Å². The number of halogens is 1. The maximum atomic E-state index is 12.9. The molecule has 0 atom stereocenters. The first kappa shape index (κ1) is 20.3. The maximum Gasteiger partial charge on any atom is 0.244 e. The SMILES string of the molecule is N#Cc1ccccc1S(=O)(=O)N1CCN(C(=O)CSc2ccc(F)cc2)CC1. The Morgan fingerprint density at radius 2 is 1.71 bits per heavy atom. The van der Waals surface area contributed by atoms with Gasteiger partial charge >= 0.3 is 0 Å². The Morgan fingerprint density at radius 1 is 1.07 bits per heavy atom. The fourth-order valence-electron chi connectivity index (χ4n) is 2.87. The largest absolute Gasteiger partial charge is 0.339 e. The van der Waals surface area contributed by atoms with Crippen molar-refractivity contribution in [3.05, 3.63) is 59.9 Å². The third-order valence-electron chi connectivity index (χ3n) is 4.39. The molecule has 1 saturated heterocycles. The van der Waals surface area contributed by atoms with E-state index in [9.17, 15) is 17.6 Å². The molecule has 0 radical (unpaired) electrons. The predicted octanol–water partition coefficient (Wildman–Crippen LogP) is 2.32. The summed E-state index contributed by atoms with van der Waals surface area (Å²) in [5.41, 5.74) is 0.108. The number of nitriles is 1. The van der Waals surface area contributed by atoms with Crippen LogP contribution in [0.1, 0.15) is 5.56 Å². The Balaban J connectivity index is 1.58. The molecule has 0 N–H and O–H groups in total. The van der Waals surface area contributed by atoms with Crippen molar-refractivity contribution in [1.82, 2.24) is 9.21 Å². The van der Waals surface area contributed by atoms with Crippen LogP contribution < -0.4 is 0 Å². The van der Waals surface area contributed by atoms with Gasteiger partial charge in [-0.25, -0.2) is 12.8 Å². The van der Waals surface area contributed by atoms with Crippen LogP contribution >= 0.6 is 11.8 Å². The highest BCUT2D eigenvalue weighted by atomic mass is 32.2. The Morgan fingerprint density at radius 3 is 2.36 bits per heavy atom. The fraction of sp³-hybridized carbons (Fsp3) is 0.263. The standard InChI is InChI=1S/C19H18FN3O3S2/c20-16-5-7-17(8-6-16)27-14-19(24)22-9-11-23(12-10-22)28(25,26)18-4-2-1-3-15(18)13-21/h1-8H,9-12,14H2. The molecule has 0 spiro atoms. The van der Waals surface area contributed by atoms with Gasteiger partial charge in [-0.1, -0.05) is 12.1 Å². The van der Waals surface area contributed by atoms with Gasteiger partial charge in [0, 0.05) is 31.1 Å². The average molecular weight is 420 g/mol. The third-order valence-corrected chi connectivity index (χ3v) is 7.35. The Hall–Kier alpha value is -2.41. The van der Waals surface area contributed by atoms with Gasteiger partial charge in [0.25, 0.3) is 0 Å². The van der Waals surface area contributed by atoms with Crippen molar-refractivity contribution in [2.24, 2.45) is 0 Å². The van der Waals surface area contributed by atoms with E-state index >= 15 is 0 Å². The molecule has 0 aromatic heterocycles. The molecule has 9 heteroatoms. The molecule has 0 aliphatic carbocycles. The lowest BCUT2D eigenvalue weighted by molar-refractivity contribution is -0.129. The van der Waals surface area contributed by atoms with Gasteiger partial charge in [-0.15, -0.1) is 11.8 Å². The van der Waals surface area contributed by atoms with Crippen LogP contribution in [0.15, 0.2) is 58.3 Å². The lowest BCUT2D eigenvalue weighted by atomic mass is 10.2. The number of carbonyl (C=O) groups excluding carboxylic acids is 1. The van der Waals surface area contributed by atoms with Gasteiger partial charge in [0.15, 0.2) is 0 Å². The zero-order valence-electron chi connectivity index (χ0n) is 14.9. The lowest BCUT2D eigenvalue weighted by Gasteiger charge is -2.34. The summed E-state index contributed by atoms with van der Waals surface area (Å²) in [6.07, 6.45) is 0. The van der Waals surface area contributed by atoms with Crippen molar-refractivity contribution in [3.63, 3.8) is 0 Å². The van der Waals surface area contributed by atoms with Gasteiger partial charge in [0.2, 0.25) is 15.9 Å². The summed E-state index contributed by atoms with van der Waals surface area (Å²) in [7, 11) is -3.78. The second-order valence-electron chi connectivity index (χ2n) is 6.14. The third kappa shape index (κ3) is 4.52. The van der Waals surface area contributed by atoms with Gasteiger partial charge in [-0.2, -0.15) is 9.57 Å². The summed E-state index contributed by atoms with van der Waals surface area (Å²) < 4.78 is 39.9. The summed E-state index contributed by atoms with van der Waals surface area (Å²) in [4.78, 5) is 14.8. The minimum Gasteiger partial charge on any atom is -0.339 e. The number of sulfonamides is 1. The van der Waals surface area contributed by atoms with Gasteiger partial charge in [0.1, 0.15) is 11.9 Å². The molecule has 1 aliphatic rings. The molecule has 146 valence electrons. The molecule has 0 saturated carbocycles. The van der Waals surface area contributed by atoms with Crippen LogP contribution in [0, 0.1) is 17.1 Å². The molecular weight excluding hydrogens is 401 g/mol. The number of piperazine rings is 1. The zero-order valence-corrected chi connectivity index (χ0v) is 16.5. The van der Waals surface area contributed by atoms with E-state index in [1.165, 1.54) is 40.3 Å². The van der Waals surface area contributed by atoms with Crippen molar-refractivity contribution in [2.75, 3.05) is 31.9 Å². The monoisotopic (exact) mass is 419 g/mol. The molecular formula is C19H18FN3O3S2. The number of hydrogen-bond donors (Lipinski definition) is 0. The molecule has 3 rings (SSSR count). The van der Waals surface area contributed by atoms with Crippen molar-refractivity contribution in [2.45, 2.75) is 9.79 Å². The number of benzene rings is 2. The van der Waals surface area contributed by atoms with Crippen LogP contribution in [-0.4, -0.2) is 55.5 Å². The first-order valence-corrected chi connectivity index (χ1v) is 11.0. The smallest absolute Gasteiger partial charge is 0.244 e. The second kappa shape index (κ2) is 8.73. The number of rotatable bonds is 5. The van der Waals surface area contributed by atoms with E-state index in [1.807, 2.05) is 6.07 Å². The first-order valence-electron chi connectivity index (χ1n) is 8.57. The van der Waals surface area contributed by atoms with Crippen LogP contribution in [0.3, 0.4) is 0 Å². The van der Waals surface area contributed by atoms with Gasteiger partial charge in [-0.05, 0) is 36.4 Å². The highest BCUT2D eigenvalue weighted by Gasteiger charge is 2.31. The van der Waals surface area contributed by atoms with E-state index < -0.39 is 10.0 Å². The summed E-state index contributed by atoms with van der Waals surface area (Å²) in [6, 6.07) is 13.9. The van der Waals surface area contributed by atoms with Gasteiger partial charge in [0.05, 0.1) is 16.2 Å². The number of amides is 1. The molecule has 1 heterocycles. The number of nitrogens with zero attached hydrogens (tertiary/aromatic N) is 3. The van der Waals surface area contributed by atoms with Crippen molar-refractivity contribution >= 4 is 27.7 Å². The van der Waals surface area contributed by atoms with Crippen LogP contribution in [0.25, 0.3) is 0 Å². The van der Waals surface area contributed by atoms with E-state index in [2.05, 4.69) is 0 Å². The number of hydrogen-bond acceptors (Lipinski definition) is 5. The number of thioether (sulfide) groups is 1. The molecule has 2 aromatic rings. The van der Waals surface area contributed by atoms with E-state index in [4.69, 9.17) is 5.26 Å². The quantitative estimate of drug-likeness (QED) is 0.695. The van der Waals surface area contributed by atoms with Crippen LogP contribution in [0.5, 0.6) is 0 Å². The molecule has 28 heavy (non-hydrogen) atoms.